The van der Waals surface area contributed by atoms with Gasteiger partial charge in [0.25, 0.3) is 0 Å². The number of aromatic nitrogens is 2. The van der Waals surface area contributed by atoms with E-state index in [0.29, 0.717) is 23.2 Å². The number of hydrogen-bond acceptors (Lipinski definition) is 4. The zero-order chi connectivity index (χ0) is 11.5. The molecule has 0 aliphatic carbocycles. The SMILES string of the molecule is CC(N)Cc1nc(-c2ccccc2Cl)no1. The van der Waals surface area contributed by atoms with Crippen molar-refractivity contribution in [3.05, 3.63) is 35.2 Å². The lowest BCUT2D eigenvalue weighted by Gasteiger charge is -1.97. The topological polar surface area (TPSA) is 64.9 Å². The van der Waals surface area contributed by atoms with E-state index in [-0.39, 0.29) is 6.04 Å². The van der Waals surface area contributed by atoms with Gasteiger partial charge in [0, 0.05) is 18.0 Å². The summed E-state index contributed by atoms with van der Waals surface area (Å²) in [5.74, 6) is 1.03. The van der Waals surface area contributed by atoms with Crippen LogP contribution in [0.2, 0.25) is 5.02 Å². The van der Waals surface area contributed by atoms with Crippen LogP contribution in [0.1, 0.15) is 12.8 Å². The fourth-order valence-corrected chi connectivity index (χ4v) is 1.59. The molecule has 0 amide bonds. The summed E-state index contributed by atoms with van der Waals surface area (Å²) in [4.78, 5) is 4.24. The predicted octanol–water partition coefficient (Wildman–Crippen LogP) is 2.28. The van der Waals surface area contributed by atoms with Crippen molar-refractivity contribution in [1.29, 1.82) is 0 Å². The first-order valence-corrected chi connectivity index (χ1v) is 5.37. The second-order valence-corrected chi connectivity index (χ2v) is 4.08. The lowest BCUT2D eigenvalue weighted by atomic mass is 10.2. The van der Waals surface area contributed by atoms with Crippen LogP contribution in [-0.4, -0.2) is 16.2 Å². The normalized spacial score (nSPS) is 12.7. The van der Waals surface area contributed by atoms with Crippen LogP contribution in [0, 0.1) is 0 Å². The average molecular weight is 238 g/mol. The van der Waals surface area contributed by atoms with Gasteiger partial charge in [-0.2, -0.15) is 4.98 Å². The first-order valence-electron chi connectivity index (χ1n) is 5.00. The highest BCUT2D eigenvalue weighted by Gasteiger charge is 2.11. The van der Waals surface area contributed by atoms with Gasteiger partial charge in [0.05, 0.1) is 5.02 Å². The molecule has 0 aliphatic rings. The van der Waals surface area contributed by atoms with Gasteiger partial charge in [-0.15, -0.1) is 0 Å². The van der Waals surface area contributed by atoms with E-state index in [9.17, 15) is 0 Å². The van der Waals surface area contributed by atoms with Gasteiger partial charge in [0.1, 0.15) is 0 Å². The molecule has 2 N–H and O–H groups in total. The average Bonchev–Trinajstić information content (AvgIpc) is 2.66. The fraction of sp³-hybridized carbons (Fsp3) is 0.273. The van der Waals surface area contributed by atoms with Crippen molar-refractivity contribution in [2.24, 2.45) is 5.73 Å². The van der Waals surface area contributed by atoms with E-state index in [1.165, 1.54) is 0 Å². The Bertz CT molecular complexity index is 482. The van der Waals surface area contributed by atoms with Crippen LogP contribution < -0.4 is 5.73 Å². The number of halogens is 1. The molecule has 0 spiro atoms. The minimum Gasteiger partial charge on any atom is -0.339 e. The Morgan fingerprint density at radius 1 is 1.44 bits per heavy atom. The van der Waals surface area contributed by atoms with E-state index in [1.54, 1.807) is 6.07 Å². The van der Waals surface area contributed by atoms with Gasteiger partial charge in [-0.05, 0) is 19.1 Å². The second kappa shape index (κ2) is 4.63. The van der Waals surface area contributed by atoms with Crippen molar-refractivity contribution in [3.8, 4) is 11.4 Å². The Balaban J connectivity index is 2.28. The third kappa shape index (κ3) is 2.40. The number of rotatable bonds is 3. The Hall–Kier alpha value is -1.39. The molecule has 0 aliphatic heterocycles. The standard InChI is InChI=1S/C11H12ClN3O/c1-7(13)6-10-14-11(15-16-10)8-4-2-3-5-9(8)12/h2-5,7H,6,13H2,1H3. The maximum Gasteiger partial charge on any atom is 0.228 e. The number of nitrogens with zero attached hydrogens (tertiary/aromatic N) is 2. The zero-order valence-electron chi connectivity index (χ0n) is 8.85. The summed E-state index contributed by atoms with van der Waals surface area (Å²) < 4.78 is 5.09. The van der Waals surface area contributed by atoms with Crippen molar-refractivity contribution in [2.75, 3.05) is 0 Å². The van der Waals surface area contributed by atoms with Crippen molar-refractivity contribution in [2.45, 2.75) is 19.4 Å². The van der Waals surface area contributed by atoms with E-state index in [1.807, 2.05) is 25.1 Å². The molecular formula is C11H12ClN3O. The van der Waals surface area contributed by atoms with Gasteiger partial charge >= 0.3 is 0 Å². The van der Waals surface area contributed by atoms with Gasteiger partial charge in [-0.3, -0.25) is 0 Å². The maximum absolute atomic E-state index is 6.03. The van der Waals surface area contributed by atoms with Crippen molar-refractivity contribution in [3.63, 3.8) is 0 Å². The van der Waals surface area contributed by atoms with E-state index < -0.39 is 0 Å². The van der Waals surface area contributed by atoms with E-state index >= 15 is 0 Å². The minimum absolute atomic E-state index is 0.000421. The summed E-state index contributed by atoms with van der Waals surface area (Å²) in [6.07, 6.45) is 0.567. The molecule has 0 saturated carbocycles. The van der Waals surface area contributed by atoms with Gasteiger partial charge < -0.3 is 10.3 Å². The second-order valence-electron chi connectivity index (χ2n) is 3.67. The van der Waals surface area contributed by atoms with Crippen LogP contribution in [0.4, 0.5) is 0 Å². The molecule has 0 radical (unpaired) electrons. The van der Waals surface area contributed by atoms with Crippen molar-refractivity contribution in [1.82, 2.24) is 10.1 Å². The van der Waals surface area contributed by atoms with Crippen LogP contribution in [0.25, 0.3) is 11.4 Å². The highest BCUT2D eigenvalue weighted by atomic mass is 35.5. The van der Waals surface area contributed by atoms with Gasteiger partial charge in [0.2, 0.25) is 11.7 Å². The lowest BCUT2D eigenvalue weighted by Crippen LogP contribution is -2.17. The largest absolute Gasteiger partial charge is 0.339 e. The quantitative estimate of drug-likeness (QED) is 0.890. The van der Waals surface area contributed by atoms with Gasteiger partial charge in [-0.1, -0.05) is 28.9 Å². The molecule has 1 heterocycles. The number of hydrogen-bond donors (Lipinski definition) is 1. The summed E-state index contributed by atoms with van der Waals surface area (Å²) in [5, 5.41) is 4.48. The maximum atomic E-state index is 6.03. The van der Waals surface area contributed by atoms with Crippen LogP contribution in [-0.2, 0) is 6.42 Å². The van der Waals surface area contributed by atoms with Crippen LogP contribution in [0.5, 0.6) is 0 Å². The molecule has 0 fully saturated rings. The third-order valence-corrected chi connectivity index (χ3v) is 2.41. The third-order valence-electron chi connectivity index (χ3n) is 2.08. The molecule has 84 valence electrons. The Kier molecular flexibility index (Phi) is 3.22. The molecule has 5 heteroatoms. The van der Waals surface area contributed by atoms with E-state index in [4.69, 9.17) is 21.9 Å². The molecule has 1 aromatic heterocycles. The molecule has 1 unspecified atom stereocenters. The van der Waals surface area contributed by atoms with Crippen molar-refractivity contribution < 1.29 is 4.52 Å². The molecular weight excluding hydrogens is 226 g/mol. The summed E-state index contributed by atoms with van der Waals surface area (Å²) in [6, 6.07) is 7.37. The monoisotopic (exact) mass is 237 g/mol. The smallest absolute Gasteiger partial charge is 0.228 e. The van der Waals surface area contributed by atoms with Gasteiger partial charge in [0.15, 0.2) is 0 Å². The van der Waals surface area contributed by atoms with Crippen LogP contribution in [0.3, 0.4) is 0 Å². The Morgan fingerprint density at radius 2 is 2.19 bits per heavy atom. The molecule has 1 atom stereocenters. The number of nitrogens with two attached hydrogens (primary N) is 1. The molecule has 16 heavy (non-hydrogen) atoms. The first-order chi connectivity index (χ1) is 7.66. The molecule has 2 aromatic rings. The van der Waals surface area contributed by atoms with Crippen LogP contribution in [0.15, 0.2) is 28.8 Å². The summed E-state index contributed by atoms with van der Waals surface area (Å²) >= 11 is 6.03. The highest BCUT2D eigenvalue weighted by molar-refractivity contribution is 6.33. The fourth-order valence-electron chi connectivity index (χ4n) is 1.37. The first kappa shape index (κ1) is 11.1. The van der Waals surface area contributed by atoms with E-state index in [0.717, 1.165) is 5.56 Å². The Labute approximate surface area is 98.4 Å². The summed E-state index contributed by atoms with van der Waals surface area (Å²) in [6.45, 7) is 1.89. The molecule has 0 saturated heterocycles. The molecule has 1 aromatic carbocycles. The number of benzene rings is 1. The minimum atomic E-state index is -0.000421. The van der Waals surface area contributed by atoms with Crippen molar-refractivity contribution >= 4 is 11.6 Å². The zero-order valence-corrected chi connectivity index (χ0v) is 9.61. The van der Waals surface area contributed by atoms with Gasteiger partial charge in [-0.25, -0.2) is 0 Å². The summed E-state index contributed by atoms with van der Waals surface area (Å²) in [7, 11) is 0. The summed E-state index contributed by atoms with van der Waals surface area (Å²) in [5.41, 5.74) is 6.42. The molecule has 4 nitrogen and oxygen atoms in total. The molecule has 2 rings (SSSR count). The molecule has 0 bridgehead atoms. The predicted molar refractivity (Wildman–Crippen MR) is 62.1 cm³/mol. The van der Waals surface area contributed by atoms with Crippen LogP contribution >= 0.6 is 11.6 Å². The highest BCUT2D eigenvalue weighted by Crippen LogP contribution is 2.24. The van der Waals surface area contributed by atoms with E-state index in [2.05, 4.69) is 10.1 Å². The Morgan fingerprint density at radius 3 is 2.88 bits per heavy atom. The lowest BCUT2D eigenvalue weighted by molar-refractivity contribution is 0.372.